The molecule has 0 aromatic heterocycles. The summed E-state index contributed by atoms with van der Waals surface area (Å²) >= 11 is 2.16. The van der Waals surface area contributed by atoms with E-state index in [2.05, 4.69) is 34.0 Å². The van der Waals surface area contributed by atoms with Crippen LogP contribution in [0.3, 0.4) is 0 Å². The van der Waals surface area contributed by atoms with Crippen LogP contribution in [0.15, 0.2) is 42.5 Å². The monoisotopic (exact) mass is 434 g/mol. The minimum Gasteiger partial charge on any atom is -0.338 e. The van der Waals surface area contributed by atoms with Crippen molar-refractivity contribution in [3.63, 3.8) is 0 Å². The Balaban J connectivity index is 1.78. The number of nitrogens with zero attached hydrogens (tertiary/aromatic N) is 1. The zero-order chi connectivity index (χ0) is 17.1. The molecule has 0 unspecified atom stereocenters. The number of nitrogens with one attached hydrogen (secondary N) is 1. The van der Waals surface area contributed by atoms with E-state index in [0.717, 1.165) is 27.8 Å². The van der Waals surface area contributed by atoms with E-state index < -0.39 is 0 Å². The van der Waals surface area contributed by atoms with Gasteiger partial charge in [0.2, 0.25) is 5.91 Å². The molecule has 0 aliphatic carbocycles. The number of halogens is 1. The van der Waals surface area contributed by atoms with Gasteiger partial charge >= 0.3 is 0 Å². The van der Waals surface area contributed by atoms with E-state index in [9.17, 15) is 9.59 Å². The van der Waals surface area contributed by atoms with E-state index in [-0.39, 0.29) is 11.8 Å². The summed E-state index contributed by atoms with van der Waals surface area (Å²) in [6.07, 6.45) is 1.39. The summed E-state index contributed by atoms with van der Waals surface area (Å²) in [6.45, 7) is 3.28. The fourth-order valence-corrected chi connectivity index (χ4v) is 3.55. The zero-order valence-corrected chi connectivity index (χ0v) is 15.7. The van der Waals surface area contributed by atoms with Crippen LogP contribution in [-0.4, -0.2) is 23.3 Å². The van der Waals surface area contributed by atoms with Gasteiger partial charge in [0.1, 0.15) is 0 Å². The Morgan fingerprint density at radius 2 is 1.96 bits per heavy atom. The smallest absolute Gasteiger partial charge is 0.256 e. The Morgan fingerprint density at radius 1 is 1.17 bits per heavy atom. The van der Waals surface area contributed by atoms with E-state index >= 15 is 0 Å². The number of carbonyl (C=O) groups excluding carboxylic acids is 2. The second-order valence-electron chi connectivity index (χ2n) is 5.84. The fourth-order valence-electron chi connectivity index (χ4n) is 2.92. The number of benzene rings is 2. The molecule has 0 radical (unpaired) electrons. The summed E-state index contributed by atoms with van der Waals surface area (Å²) in [5, 5.41) is 2.96. The third-order valence-electron chi connectivity index (χ3n) is 4.25. The van der Waals surface area contributed by atoms with Gasteiger partial charge in [-0.15, -0.1) is 0 Å². The molecule has 5 heteroatoms. The first-order valence-electron chi connectivity index (χ1n) is 8.04. The summed E-state index contributed by atoms with van der Waals surface area (Å²) in [4.78, 5) is 26.2. The van der Waals surface area contributed by atoms with Crippen molar-refractivity contribution < 1.29 is 9.59 Å². The van der Waals surface area contributed by atoms with E-state index in [4.69, 9.17) is 0 Å². The predicted octanol–water partition coefficient (Wildman–Crippen LogP) is 3.84. The molecule has 2 aromatic rings. The zero-order valence-electron chi connectivity index (χ0n) is 13.5. The van der Waals surface area contributed by atoms with Crippen LogP contribution in [0, 0.1) is 3.57 Å². The maximum atomic E-state index is 12.4. The molecule has 124 valence electrons. The van der Waals surface area contributed by atoms with Crippen molar-refractivity contribution in [3.05, 3.63) is 62.7 Å². The Labute approximate surface area is 155 Å². The van der Waals surface area contributed by atoms with Gasteiger partial charge in [0.15, 0.2) is 0 Å². The van der Waals surface area contributed by atoms with Gasteiger partial charge in [0.05, 0.1) is 5.56 Å². The maximum absolute atomic E-state index is 12.4. The number of anilines is 1. The third kappa shape index (κ3) is 3.61. The van der Waals surface area contributed by atoms with Crippen molar-refractivity contribution >= 4 is 40.1 Å². The van der Waals surface area contributed by atoms with Gasteiger partial charge < -0.3 is 10.2 Å². The van der Waals surface area contributed by atoms with Crippen LogP contribution < -0.4 is 5.32 Å². The van der Waals surface area contributed by atoms with Gasteiger partial charge in [-0.25, -0.2) is 0 Å². The quantitative estimate of drug-likeness (QED) is 0.747. The standard InChI is InChI=1S/C19H19IN2O2/c1-2-18(23)22-10-9-13-7-8-15(11-14(13)12-22)21-19(24)16-5-3-4-6-17(16)20/h3-8,11H,2,9-10,12H2,1H3,(H,21,24). The second kappa shape index (κ2) is 7.34. The third-order valence-corrected chi connectivity index (χ3v) is 5.19. The van der Waals surface area contributed by atoms with Crippen molar-refractivity contribution in [2.45, 2.75) is 26.3 Å². The van der Waals surface area contributed by atoms with Crippen LogP contribution in [0.5, 0.6) is 0 Å². The number of carbonyl (C=O) groups is 2. The number of fused-ring (bicyclic) bond motifs is 1. The number of amides is 2. The molecule has 0 saturated carbocycles. The van der Waals surface area contributed by atoms with Gasteiger partial charge in [-0.05, 0) is 64.4 Å². The Morgan fingerprint density at radius 3 is 2.71 bits per heavy atom. The molecule has 1 aliphatic heterocycles. The Kier molecular flexibility index (Phi) is 5.18. The largest absolute Gasteiger partial charge is 0.338 e. The number of hydrogen-bond acceptors (Lipinski definition) is 2. The van der Waals surface area contributed by atoms with Crippen molar-refractivity contribution in [1.29, 1.82) is 0 Å². The molecule has 1 N–H and O–H groups in total. The van der Waals surface area contributed by atoms with Gasteiger partial charge in [0.25, 0.3) is 5.91 Å². The first-order valence-corrected chi connectivity index (χ1v) is 9.12. The Hall–Kier alpha value is -1.89. The van der Waals surface area contributed by atoms with Crippen LogP contribution in [0.1, 0.15) is 34.8 Å². The highest BCUT2D eigenvalue weighted by Gasteiger charge is 2.20. The van der Waals surface area contributed by atoms with Gasteiger partial charge in [-0.2, -0.15) is 0 Å². The van der Waals surface area contributed by atoms with Crippen LogP contribution >= 0.6 is 22.6 Å². The van der Waals surface area contributed by atoms with Gasteiger partial charge in [-0.3, -0.25) is 9.59 Å². The minimum absolute atomic E-state index is 0.114. The maximum Gasteiger partial charge on any atom is 0.256 e. The molecule has 0 atom stereocenters. The normalized spacial score (nSPS) is 13.3. The lowest BCUT2D eigenvalue weighted by Crippen LogP contribution is -2.35. The summed E-state index contributed by atoms with van der Waals surface area (Å²) in [7, 11) is 0. The lowest BCUT2D eigenvalue weighted by molar-refractivity contribution is -0.131. The average Bonchev–Trinajstić information content (AvgIpc) is 2.60. The first kappa shape index (κ1) is 17.0. The number of hydrogen-bond donors (Lipinski definition) is 1. The molecule has 0 saturated heterocycles. The predicted molar refractivity (Wildman–Crippen MR) is 103 cm³/mol. The van der Waals surface area contributed by atoms with Gasteiger partial charge in [0, 0.05) is 28.8 Å². The highest BCUT2D eigenvalue weighted by atomic mass is 127. The topological polar surface area (TPSA) is 49.4 Å². The van der Waals surface area contributed by atoms with Crippen LogP contribution in [0.25, 0.3) is 0 Å². The molecule has 2 aromatic carbocycles. The highest BCUT2D eigenvalue weighted by molar-refractivity contribution is 14.1. The van der Waals surface area contributed by atoms with E-state index in [1.54, 1.807) is 0 Å². The second-order valence-corrected chi connectivity index (χ2v) is 7.00. The summed E-state index contributed by atoms with van der Waals surface area (Å²) in [5.74, 6) is 0.0613. The Bertz CT molecular complexity index is 789. The molecule has 3 rings (SSSR count). The highest BCUT2D eigenvalue weighted by Crippen LogP contribution is 2.24. The average molecular weight is 434 g/mol. The molecule has 1 heterocycles. The van der Waals surface area contributed by atoms with Crippen molar-refractivity contribution in [2.24, 2.45) is 0 Å². The van der Waals surface area contributed by atoms with Crippen LogP contribution in [-0.2, 0) is 17.8 Å². The number of rotatable bonds is 3. The fraction of sp³-hybridized carbons (Fsp3) is 0.263. The summed E-state index contributed by atoms with van der Waals surface area (Å²) < 4.78 is 0.922. The molecule has 24 heavy (non-hydrogen) atoms. The first-order chi connectivity index (χ1) is 11.6. The van der Waals surface area contributed by atoms with E-state index in [0.29, 0.717) is 18.5 Å². The molecule has 0 bridgehead atoms. The van der Waals surface area contributed by atoms with E-state index in [1.807, 2.05) is 48.2 Å². The molecule has 4 nitrogen and oxygen atoms in total. The SMILES string of the molecule is CCC(=O)N1CCc2ccc(NC(=O)c3ccccc3I)cc2C1. The van der Waals surface area contributed by atoms with Crippen LogP contribution in [0.2, 0.25) is 0 Å². The van der Waals surface area contributed by atoms with Crippen molar-refractivity contribution in [1.82, 2.24) is 4.90 Å². The lowest BCUT2D eigenvalue weighted by atomic mass is 9.98. The van der Waals surface area contributed by atoms with Gasteiger partial charge in [-0.1, -0.05) is 25.1 Å². The molecular weight excluding hydrogens is 415 g/mol. The lowest BCUT2D eigenvalue weighted by Gasteiger charge is -2.29. The van der Waals surface area contributed by atoms with Crippen LogP contribution in [0.4, 0.5) is 5.69 Å². The molecule has 1 aliphatic rings. The minimum atomic E-state index is -0.114. The molecule has 2 amide bonds. The van der Waals surface area contributed by atoms with Crippen molar-refractivity contribution in [2.75, 3.05) is 11.9 Å². The molecule has 0 fully saturated rings. The van der Waals surface area contributed by atoms with Crippen molar-refractivity contribution in [3.8, 4) is 0 Å². The summed E-state index contributed by atoms with van der Waals surface area (Å²) in [6, 6.07) is 13.5. The summed E-state index contributed by atoms with van der Waals surface area (Å²) in [5.41, 5.74) is 3.80. The van der Waals surface area contributed by atoms with E-state index in [1.165, 1.54) is 5.56 Å². The molecular formula is C19H19IN2O2. The molecule has 0 spiro atoms.